The number of hydrogen-bond acceptors (Lipinski definition) is 5. The number of benzene rings is 7. The van der Waals surface area contributed by atoms with Gasteiger partial charge in [0, 0.05) is 55.7 Å². The van der Waals surface area contributed by atoms with Gasteiger partial charge in [0.25, 0.3) is 0 Å². The highest BCUT2D eigenvalue weighted by Crippen LogP contribution is 2.46. The van der Waals surface area contributed by atoms with E-state index in [9.17, 15) is 0 Å². The summed E-state index contributed by atoms with van der Waals surface area (Å²) in [4.78, 5) is 20.9. The average Bonchev–Trinajstić information content (AvgIpc) is 3.91. The van der Waals surface area contributed by atoms with Crippen molar-refractivity contribution in [3.8, 4) is 67.7 Å². The quantitative estimate of drug-likeness (QED) is 0.161. The first-order valence-corrected chi connectivity index (χ1v) is 21.0. The van der Waals surface area contributed by atoms with E-state index in [2.05, 4.69) is 138 Å². The van der Waals surface area contributed by atoms with Gasteiger partial charge in [-0.25, -0.2) is 15.0 Å². The second-order valence-corrected chi connectivity index (χ2v) is 15.7. The van der Waals surface area contributed by atoms with Gasteiger partial charge in [-0.05, 0) is 53.4 Å². The van der Waals surface area contributed by atoms with Crippen LogP contribution in [0.3, 0.4) is 0 Å². The molecule has 292 valence electrons. The molecule has 0 amide bonds. The van der Waals surface area contributed by atoms with Crippen molar-refractivity contribution in [2.45, 2.75) is 12.5 Å². The number of allylic oxidation sites excluding steroid dienone is 4. The van der Waals surface area contributed by atoms with Crippen molar-refractivity contribution < 1.29 is 4.42 Å². The molecule has 4 heterocycles. The molecule has 12 rings (SSSR count). The molecular weight excluding hydrogens is 759 g/mol. The number of furan rings is 1. The molecule has 0 spiro atoms. The Morgan fingerprint density at radius 2 is 1.10 bits per heavy atom. The van der Waals surface area contributed by atoms with E-state index >= 15 is 0 Å². The summed E-state index contributed by atoms with van der Waals surface area (Å²) < 4.78 is 9.44. The van der Waals surface area contributed by atoms with E-state index in [-0.39, 0.29) is 6.04 Å². The van der Waals surface area contributed by atoms with Crippen LogP contribution >= 0.6 is 0 Å². The van der Waals surface area contributed by atoms with Gasteiger partial charge < -0.3 is 8.98 Å². The molecule has 7 aromatic carbocycles. The fourth-order valence-electron chi connectivity index (χ4n) is 9.21. The van der Waals surface area contributed by atoms with Crippen LogP contribution in [0.4, 0.5) is 0 Å². The lowest BCUT2D eigenvalue weighted by molar-refractivity contribution is 0.647. The van der Waals surface area contributed by atoms with Crippen molar-refractivity contribution in [1.29, 1.82) is 0 Å². The molecule has 1 unspecified atom stereocenters. The van der Waals surface area contributed by atoms with Crippen molar-refractivity contribution in [3.05, 3.63) is 206 Å². The SMILES string of the molecule is C1=CCC(n2c3ccccc3c3c4oc5cccc(-c6ncc(-c7ccccc7-c7ccccc7)cc6-c6nc(-c7ccccc7)nc(-c7ccccc7)n6)c5c4ccc32)C=C1. The van der Waals surface area contributed by atoms with E-state index in [0.717, 1.165) is 89.5 Å². The van der Waals surface area contributed by atoms with Crippen LogP contribution < -0.4 is 0 Å². The van der Waals surface area contributed by atoms with E-state index in [1.165, 1.54) is 10.9 Å². The maximum Gasteiger partial charge on any atom is 0.166 e. The zero-order valence-electron chi connectivity index (χ0n) is 33.6. The van der Waals surface area contributed by atoms with Crippen LogP contribution in [0.2, 0.25) is 0 Å². The van der Waals surface area contributed by atoms with Crippen LogP contribution in [0.25, 0.3) is 111 Å². The third kappa shape index (κ3) is 5.95. The minimum atomic E-state index is 0.207. The molecule has 6 nitrogen and oxygen atoms in total. The molecule has 4 aromatic heterocycles. The van der Waals surface area contributed by atoms with Crippen LogP contribution in [0.15, 0.2) is 211 Å². The third-order valence-electron chi connectivity index (χ3n) is 12.0. The van der Waals surface area contributed by atoms with E-state index in [4.69, 9.17) is 24.4 Å². The summed E-state index contributed by atoms with van der Waals surface area (Å²) in [7, 11) is 0. The molecule has 11 aromatic rings. The highest BCUT2D eigenvalue weighted by Gasteiger charge is 2.25. The maximum atomic E-state index is 6.98. The summed E-state index contributed by atoms with van der Waals surface area (Å²) in [5.41, 5.74) is 12.5. The van der Waals surface area contributed by atoms with Gasteiger partial charge in [0.1, 0.15) is 11.2 Å². The molecule has 62 heavy (non-hydrogen) atoms. The molecule has 6 heteroatoms. The van der Waals surface area contributed by atoms with Crippen LogP contribution in [0, 0.1) is 0 Å². The number of nitrogens with zero attached hydrogens (tertiary/aromatic N) is 5. The number of fused-ring (bicyclic) bond motifs is 7. The Bertz CT molecular complexity index is 3490. The van der Waals surface area contributed by atoms with Crippen LogP contribution in [-0.4, -0.2) is 24.5 Å². The van der Waals surface area contributed by atoms with Crippen molar-refractivity contribution >= 4 is 43.7 Å². The highest BCUT2D eigenvalue weighted by atomic mass is 16.3. The average molecular weight is 796 g/mol. The molecule has 0 aliphatic heterocycles. The van der Waals surface area contributed by atoms with Gasteiger partial charge >= 0.3 is 0 Å². The summed E-state index contributed by atoms with van der Waals surface area (Å²) >= 11 is 0. The first-order valence-electron chi connectivity index (χ1n) is 21.0. The molecule has 0 radical (unpaired) electrons. The molecule has 0 fully saturated rings. The van der Waals surface area contributed by atoms with E-state index in [0.29, 0.717) is 17.5 Å². The van der Waals surface area contributed by atoms with Crippen LogP contribution in [-0.2, 0) is 0 Å². The van der Waals surface area contributed by atoms with Crippen molar-refractivity contribution in [1.82, 2.24) is 24.5 Å². The second-order valence-electron chi connectivity index (χ2n) is 15.7. The van der Waals surface area contributed by atoms with Gasteiger partial charge in [-0.2, -0.15) is 0 Å². The fraction of sp³-hybridized carbons (Fsp3) is 0.0357. The van der Waals surface area contributed by atoms with Gasteiger partial charge in [0.15, 0.2) is 17.5 Å². The predicted molar refractivity (Wildman–Crippen MR) is 252 cm³/mol. The van der Waals surface area contributed by atoms with Crippen molar-refractivity contribution in [2.24, 2.45) is 0 Å². The molecule has 1 atom stereocenters. The topological polar surface area (TPSA) is 69.6 Å². The summed E-state index contributed by atoms with van der Waals surface area (Å²) in [6.45, 7) is 0. The summed E-state index contributed by atoms with van der Waals surface area (Å²) in [6, 6.07) is 61.0. The normalized spacial score (nSPS) is 13.8. The molecular formula is C56H37N5O. The number of para-hydroxylation sites is 1. The lowest BCUT2D eigenvalue weighted by Gasteiger charge is -2.18. The monoisotopic (exact) mass is 795 g/mol. The molecule has 1 aliphatic carbocycles. The van der Waals surface area contributed by atoms with E-state index in [1.807, 2.05) is 72.9 Å². The zero-order chi connectivity index (χ0) is 41.0. The zero-order valence-corrected chi connectivity index (χ0v) is 33.6. The predicted octanol–water partition coefficient (Wildman–Crippen LogP) is 14.3. The second kappa shape index (κ2) is 14.8. The lowest BCUT2D eigenvalue weighted by atomic mass is 9.93. The van der Waals surface area contributed by atoms with Gasteiger partial charge in [0.05, 0.1) is 22.6 Å². The first kappa shape index (κ1) is 35.7. The fourth-order valence-corrected chi connectivity index (χ4v) is 9.21. The Morgan fingerprint density at radius 3 is 1.81 bits per heavy atom. The summed E-state index contributed by atoms with van der Waals surface area (Å²) in [6.07, 6.45) is 11.7. The Balaban J connectivity index is 1.13. The minimum Gasteiger partial charge on any atom is -0.455 e. The lowest BCUT2D eigenvalue weighted by Crippen LogP contribution is -2.06. The summed E-state index contributed by atoms with van der Waals surface area (Å²) in [5.74, 6) is 1.71. The largest absolute Gasteiger partial charge is 0.455 e. The molecule has 0 N–H and O–H groups in total. The molecule has 0 saturated heterocycles. The van der Waals surface area contributed by atoms with Crippen molar-refractivity contribution in [3.63, 3.8) is 0 Å². The Morgan fingerprint density at radius 1 is 0.468 bits per heavy atom. The van der Waals surface area contributed by atoms with E-state index < -0.39 is 0 Å². The number of aromatic nitrogens is 5. The molecule has 1 aliphatic rings. The van der Waals surface area contributed by atoms with Crippen LogP contribution in [0.5, 0.6) is 0 Å². The highest BCUT2D eigenvalue weighted by molar-refractivity contribution is 6.25. The number of rotatable bonds is 7. The standard InChI is InChI=1S/C56H37N5O/c1-5-18-36(19-6-1)41-26-13-14-27-42(41)39-34-46(56-59-54(37-20-7-2-8-21-37)58-55(60-56)38-22-9-3-10-23-38)52(57-35-39)44-29-17-31-49-50(44)45-32-33-48-51(53(45)62-49)43-28-15-16-30-47(43)61(48)40-24-11-4-12-25-40/h1-24,26-35,40H,25H2. The molecule has 0 bridgehead atoms. The number of hydrogen-bond donors (Lipinski definition) is 0. The number of pyridine rings is 1. The maximum absolute atomic E-state index is 6.98. The van der Waals surface area contributed by atoms with Gasteiger partial charge in [0.2, 0.25) is 0 Å². The Labute approximate surface area is 357 Å². The Kier molecular flexibility index (Phi) is 8.52. The molecule has 0 saturated carbocycles. The third-order valence-corrected chi connectivity index (χ3v) is 12.0. The van der Waals surface area contributed by atoms with Gasteiger partial charge in [-0.1, -0.05) is 170 Å². The van der Waals surface area contributed by atoms with Crippen molar-refractivity contribution in [2.75, 3.05) is 0 Å². The smallest absolute Gasteiger partial charge is 0.166 e. The van der Waals surface area contributed by atoms with E-state index in [1.54, 1.807) is 0 Å². The van der Waals surface area contributed by atoms with Gasteiger partial charge in [-0.3, -0.25) is 4.98 Å². The summed E-state index contributed by atoms with van der Waals surface area (Å²) in [5, 5.41) is 4.31. The van der Waals surface area contributed by atoms with Crippen LogP contribution in [0.1, 0.15) is 12.5 Å². The minimum absolute atomic E-state index is 0.207. The van der Waals surface area contributed by atoms with Gasteiger partial charge in [-0.15, -0.1) is 0 Å². The Hall–Kier alpha value is -8.22. The first-order chi connectivity index (χ1) is 30.8.